The lowest BCUT2D eigenvalue weighted by molar-refractivity contribution is -0.115. The molecule has 2 N–H and O–H groups in total. The van der Waals surface area contributed by atoms with Crippen molar-refractivity contribution in [1.82, 2.24) is 5.32 Å². The van der Waals surface area contributed by atoms with Crippen molar-refractivity contribution in [2.75, 3.05) is 5.32 Å². The van der Waals surface area contributed by atoms with Crippen molar-refractivity contribution < 1.29 is 9.59 Å². The molecule has 0 aromatic heterocycles. The molecule has 0 unspecified atom stereocenters. The van der Waals surface area contributed by atoms with Crippen LogP contribution >= 0.6 is 0 Å². The lowest BCUT2D eigenvalue weighted by Gasteiger charge is -2.22. The van der Waals surface area contributed by atoms with Gasteiger partial charge in [-0.3, -0.25) is 9.59 Å². The average molecular weight is 386 g/mol. The molecule has 1 saturated carbocycles. The van der Waals surface area contributed by atoms with Gasteiger partial charge < -0.3 is 10.6 Å². The minimum Gasteiger partial charge on any atom is -0.349 e. The molecule has 0 radical (unpaired) electrons. The molecule has 1 aliphatic carbocycles. The molecular weight excluding hydrogens is 360 g/mol. The van der Waals surface area contributed by atoms with Crippen LogP contribution in [0.15, 0.2) is 66.7 Å². The molecule has 0 saturated heterocycles. The molecule has 29 heavy (non-hydrogen) atoms. The molecule has 0 bridgehead atoms. The Kier molecular flexibility index (Phi) is 5.89. The monoisotopic (exact) mass is 386 g/mol. The van der Waals surface area contributed by atoms with E-state index in [1.807, 2.05) is 42.5 Å². The van der Waals surface area contributed by atoms with Gasteiger partial charge in [-0.1, -0.05) is 61.7 Å². The van der Waals surface area contributed by atoms with Gasteiger partial charge in [-0.15, -0.1) is 0 Å². The van der Waals surface area contributed by atoms with E-state index in [1.165, 1.54) is 19.3 Å². The normalized spacial score (nSPS) is 14.5. The van der Waals surface area contributed by atoms with Gasteiger partial charge in [-0.2, -0.15) is 0 Å². The minimum absolute atomic E-state index is 0.0365. The van der Waals surface area contributed by atoms with E-state index < -0.39 is 0 Å². The van der Waals surface area contributed by atoms with Crippen LogP contribution in [-0.2, 0) is 11.2 Å². The number of nitrogens with one attached hydrogen (secondary N) is 2. The van der Waals surface area contributed by atoms with Gasteiger partial charge in [0.05, 0.1) is 6.42 Å². The minimum atomic E-state index is -0.0687. The maximum absolute atomic E-state index is 12.5. The zero-order valence-electron chi connectivity index (χ0n) is 16.5. The molecule has 1 fully saturated rings. The SMILES string of the molecule is O=C(Cc1cccc2ccccc12)Nc1ccc(C(=O)NC2CCCCC2)cc1. The second kappa shape index (κ2) is 8.91. The van der Waals surface area contributed by atoms with Crippen LogP contribution < -0.4 is 10.6 Å². The van der Waals surface area contributed by atoms with Gasteiger partial charge in [0.2, 0.25) is 5.91 Å². The number of anilines is 1. The third-order valence-electron chi connectivity index (χ3n) is 5.60. The number of hydrogen-bond acceptors (Lipinski definition) is 2. The molecule has 1 aliphatic rings. The van der Waals surface area contributed by atoms with E-state index in [9.17, 15) is 9.59 Å². The van der Waals surface area contributed by atoms with Gasteiger partial charge in [-0.05, 0) is 53.4 Å². The zero-order valence-corrected chi connectivity index (χ0v) is 16.5. The largest absolute Gasteiger partial charge is 0.349 e. The van der Waals surface area contributed by atoms with E-state index in [0.29, 0.717) is 17.7 Å². The van der Waals surface area contributed by atoms with Crippen molar-refractivity contribution in [1.29, 1.82) is 0 Å². The standard InChI is InChI=1S/C25H26N2O2/c28-24(17-20-9-6-8-18-7-4-5-12-23(18)20)26-22-15-13-19(14-16-22)25(29)27-21-10-2-1-3-11-21/h4-9,12-16,21H,1-3,10-11,17H2,(H,26,28)(H,27,29). The molecule has 2 amide bonds. The number of rotatable bonds is 5. The van der Waals surface area contributed by atoms with Crippen LogP contribution in [0.5, 0.6) is 0 Å². The Morgan fingerprint density at radius 3 is 2.34 bits per heavy atom. The molecule has 0 spiro atoms. The quantitative estimate of drug-likeness (QED) is 0.642. The lowest BCUT2D eigenvalue weighted by atomic mass is 9.95. The topological polar surface area (TPSA) is 58.2 Å². The summed E-state index contributed by atoms with van der Waals surface area (Å²) in [6.07, 6.45) is 6.08. The van der Waals surface area contributed by atoms with Crippen molar-refractivity contribution >= 4 is 28.3 Å². The molecule has 3 aromatic carbocycles. The van der Waals surface area contributed by atoms with Gasteiger partial charge in [0, 0.05) is 17.3 Å². The summed E-state index contributed by atoms with van der Waals surface area (Å²) in [5.74, 6) is -0.105. The van der Waals surface area contributed by atoms with E-state index in [1.54, 1.807) is 24.3 Å². The van der Waals surface area contributed by atoms with Gasteiger partial charge in [-0.25, -0.2) is 0 Å². The summed E-state index contributed by atoms with van der Waals surface area (Å²) in [4.78, 5) is 24.9. The Labute approximate surface area is 171 Å². The van der Waals surface area contributed by atoms with E-state index >= 15 is 0 Å². The molecule has 4 heteroatoms. The second-order valence-electron chi connectivity index (χ2n) is 7.75. The summed E-state index contributed by atoms with van der Waals surface area (Å²) in [5.41, 5.74) is 2.33. The number of carbonyl (C=O) groups excluding carboxylic acids is 2. The fourth-order valence-electron chi connectivity index (χ4n) is 4.05. The molecule has 0 atom stereocenters. The Balaban J connectivity index is 1.36. The highest BCUT2D eigenvalue weighted by Crippen LogP contribution is 2.20. The van der Waals surface area contributed by atoms with E-state index in [-0.39, 0.29) is 17.9 Å². The second-order valence-corrected chi connectivity index (χ2v) is 7.75. The van der Waals surface area contributed by atoms with Gasteiger partial charge in [0.15, 0.2) is 0 Å². The van der Waals surface area contributed by atoms with Crippen LogP contribution in [-0.4, -0.2) is 17.9 Å². The van der Waals surface area contributed by atoms with E-state index in [0.717, 1.165) is 29.2 Å². The third-order valence-corrected chi connectivity index (χ3v) is 5.60. The predicted octanol–water partition coefficient (Wildman–Crippen LogP) is 5.08. The van der Waals surface area contributed by atoms with E-state index in [4.69, 9.17) is 0 Å². The summed E-state index contributed by atoms with van der Waals surface area (Å²) >= 11 is 0. The van der Waals surface area contributed by atoms with Crippen molar-refractivity contribution in [3.8, 4) is 0 Å². The third kappa shape index (κ3) is 4.83. The molecule has 3 aromatic rings. The maximum atomic E-state index is 12.5. The first-order valence-electron chi connectivity index (χ1n) is 10.4. The highest BCUT2D eigenvalue weighted by molar-refractivity contribution is 5.97. The molecule has 0 heterocycles. The van der Waals surface area contributed by atoms with Crippen LogP contribution in [0.4, 0.5) is 5.69 Å². The van der Waals surface area contributed by atoms with Gasteiger partial charge in [0.25, 0.3) is 5.91 Å². The number of benzene rings is 3. The fraction of sp³-hybridized carbons (Fsp3) is 0.280. The van der Waals surface area contributed by atoms with Crippen molar-refractivity contribution in [3.05, 3.63) is 77.9 Å². The number of carbonyl (C=O) groups is 2. The molecule has 0 aliphatic heterocycles. The molecular formula is C25H26N2O2. The lowest BCUT2D eigenvalue weighted by Crippen LogP contribution is -2.36. The van der Waals surface area contributed by atoms with Crippen molar-refractivity contribution in [2.24, 2.45) is 0 Å². The summed E-state index contributed by atoms with van der Waals surface area (Å²) in [6.45, 7) is 0. The summed E-state index contributed by atoms with van der Waals surface area (Å²) < 4.78 is 0. The maximum Gasteiger partial charge on any atom is 0.251 e. The zero-order chi connectivity index (χ0) is 20.1. The van der Waals surface area contributed by atoms with Crippen LogP contribution in [0.25, 0.3) is 10.8 Å². The van der Waals surface area contributed by atoms with Crippen LogP contribution in [0.2, 0.25) is 0 Å². The molecule has 148 valence electrons. The van der Waals surface area contributed by atoms with Crippen LogP contribution in [0.3, 0.4) is 0 Å². The summed E-state index contributed by atoms with van der Waals surface area (Å²) in [5, 5.41) is 8.28. The average Bonchev–Trinajstić information content (AvgIpc) is 2.75. The van der Waals surface area contributed by atoms with Crippen molar-refractivity contribution in [2.45, 2.75) is 44.6 Å². The first-order chi connectivity index (χ1) is 14.2. The molecule has 4 nitrogen and oxygen atoms in total. The fourth-order valence-corrected chi connectivity index (χ4v) is 4.05. The number of amides is 2. The Morgan fingerprint density at radius 2 is 1.55 bits per heavy atom. The van der Waals surface area contributed by atoms with Crippen LogP contribution in [0, 0.1) is 0 Å². The number of fused-ring (bicyclic) bond motifs is 1. The number of hydrogen-bond donors (Lipinski definition) is 2. The van der Waals surface area contributed by atoms with Gasteiger partial charge in [0.1, 0.15) is 0 Å². The highest BCUT2D eigenvalue weighted by Gasteiger charge is 2.16. The van der Waals surface area contributed by atoms with Gasteiger partial charge >= 0.3 is 0 Å². The molecule has 4 rings (SSSR count). The Bertz CT molecular complexity index is 1000. The summed E-state index contributed by atoms with van der Waals surface area (Å²) in [7, 11) is 0. The Hall–Kier alpha value is -3.14. The summed E-state index contributed by atoms with van der Waals surface area (Å²) in [6, 6.07) is 21.5. The van der Waals surface area contributed by atoms with E-state index in [2.05, 4.69) is 10.6 Å². The first kappa shape index (κ1) is 19.2. The predicted molar refractivity (Wildman–Crippen MR) is 117 cm³/mol. The Morgan fingerprint density at radius 1 is 0.828 bits per heavy atom. The van der Waals surface area contributed by atoms with Crippen molar-refractivity contribution in [3.63, 3.8) is 0 Å². The van der Waals surface area contributed by atoms with Crippen LogP contribution in [0.1, 0.15) is 48.0 Å². The first-order valence-corrected chi connectivity index (χ1v) is 10.4. The smallest absolute Gasteiger partial charge is 0.251 e. The highest BCUT2D eigenvalue weighted by atomic mass is 16.2.